The first-order valence-electron chi connectivity index (χ1n) is 18.8. The first kappa shape index (κ1) is 36.4. The van der Waals surface area contributed by atoms with Gasteiger partial charge in [0, 0.05) is 50.5 Å². The molecule has 3 aromatic carbocycles. The number of hydrogen-bond acceptors (Lipinski definition) is 7. The summed E-state index contributed by atoms with van der Waals surface area (Å²) in [6.45, 7) is 1.51. The molecule has 3 fully saturated rings. The summed E-state index contributed by atoms with van der Waals surface area (Å²) in [6, 6.07) is 28.2. The minimum absolute atomic E-state index is 0.0118. The van der Waals surface area contributed by atoms with E-state index >= 15 is 0 Å². The van der Waals surface area contributed by atoms with Crippen molar-refractivity contribution in [1.29, 1.82) is 0 Å². The van der Waals surface area contributed by atoms with Gasteiger partial charge in [-0.1, -0.05) is 91.7 Å². The Morgan fingerprint density at radius 1 is 0.906 bits per heavy atom. The third kappa shape index (κ3) is 8.16. The van der Waals surface area contributed by atoms with Gasteiger partial charge in [0.25, 0.3) is 5.91 Å². The number of carbonyl (C=O) groups is 3. The zero-order valence-corrected chi connectivity index (χ0v) is 30.4. The Balaban J connectivity index is 1.19. The van der Waals surface area contributed by atoms with Gasteiger partial charge in [0.15, 0.2) is 5.69 Å². The standard InChI is InChI=1S/C42H49N5O6/c1-52-29-42(51)23-12-11-19-36(42)47-30-43-37(38(47)32-15-7-3-8-16-32)40(49)46-26-25-44(41(50)53-28-31-13-5-2-6-14-31)27-35(46)22-24-45(39(48)33-20-21-33)34-17-9-4-10-18-34/h2-10,13-18,30,33,35-36,51H,11-12,19-29H2,1H3/t35-,36-,42-/m1/s1. The maximum absolute atomic E-state index is 14.9. The highest BCUT2D eigenvalue weighted by Gasteiger charge is 2.43. The van der Waals surface area contributed by atoms with E-state index in [1.54, 1.807) is 18.3 Å². The maximum Gasteiger partial charge on any atom is 0.410 e. The van der Waals surface area contributed by atoms with E-state index in [-0.39, 0.29) is 56.6 Å². The van der Waals surface area contributed by atoms with Gasteiger partial charge in [0.2, 0.25) is 5.91 Å². The minimum atomic E-state index is -1.11. The molecule has 278 valence electrons. The number of ether oxygens (including phenoxy) is 2. The Hall–Kier alpha value is -5.00. The van der Waals surface area contributed by atoms with Gasteiger partial charge in [-0.2, -0.15) is 0 Å². The van der Waals surface area contributed by atoms with Gasteiger partial charge in [0.1, 0.15) is 12.2 Å². The third-order valence-electron chi connectivity index (χ3n) is 10.9. The van der Waals surface area contributed by atoms with Crippen molar-refractivity contribution in [1.82, 2.24) is 19.4 Å². The molecule has 2 heterocycles. The van der Waals surface area contributed by atoms with Crippen LogP contribution in [0.1, 0.15) is 67.0 Å². The largest absolute Gasteiger partial charge is 0.445 e. The van der Waals surface area contributed by atoms with Crippen LogP contribution in [0.2, 0.25) is 0 Å². The molecule has 3 amide bonds. The lowest BCUT2D eigenvalue weighted by molar-refractivity contribution is -0.119. The summed E-state index contributed by atoms with van der Waals surface area (Å²) in [6.07, 6.45) is 6.58. The van der Waals surface area contributed by atoms with E-state index in [1.165, 1.54) is 0 Å². The van der Waals surface area contributed by atoms with Gasteiger partial charge in [0.05, 0.1) is 30.7 Å². The molecule has 1 N–H and O–H groups in total. The number of anilines is 1. The van der Waals surface area contributed by atoms with Crippen LogP contribution in [0.5, 0.6) is 0 Å². The van der Waals surface area contributed by atoms with E-state index in [9.17, 15) is 19.5 Å². The number of carbonyl (C=O) groups excluding carboxylic acids is 3. The molecule has 53 heavy (non-hydrogen) atoms. The highest BCUT2D eigenvalue weighted by Crippen LogP contribution is 2.41. The Morgan fingerprint density at radius 2 is 1.60 bits per heavy atom. The van der Waals surface area contributed by atoms with Crippen LogP contribution in [0.3, 0.4) is 0 Å². The second-order valence-corrected chi connectivity index (χ2v) is 14.5. The van der Waals surface area contributed by atoms with Crippen LogP contribution in [-0.4, -0.2) is 93.9 Å². The fraction of sp³-hybridized carbons (Fsp3) is 0.429. The molecule has 1 aromatic heterocycles. The summed E-state index contributed by atoms with van der Waals surface area (Å²) >= 11 is 0. The molecule has 11 nitrogen and oxygen atoms in total. The third-order valence-corrected chi connectivity index (χ3v) is 10.9. The minimum Gasteiger partial charge on any atom is -0.445 e. The lowest BCUT2D eigenvalue weighted by Crippen LogP contribution is -2.57. The molecular formula is C42H49N5O6. The van der Waals surface area contributed by atoms with Gasteiger partial charge in [-0.05, 0) is 49.8 Å². The van der Waals surface area contributed by atoms with Crippen LogP contribution >= 0.6 is 0 Å². The van der Waals surface area contributed by atoms with E-state index in [4.69, 9.17) is 14.5 Å². The summed E-state index contributed by atoms with van der Waals surface area (Å²) in [7, 11) is 1.60. The number of rotatable bonds is 12. The van der Waals surface area contributed by atoms with Crippen molar-refractivity contribution in [2.24, 2.45) is 5.92 Å². The second kappa shape index (κ2) is 16.3. The summed E-state index contributed by atoms with van der Waals surface area (Å²) < 4.78 is 13.2. The second-order valence-electron chi connectivity index (χ2n) is 14.5. The molecule has 2 saturated carbocycles. The number of piperazine rings is 1. The fourth-order valence-electron chi connectivity index (χ4n) is 7.94. The summed E-state index contributed by atoms with van der Waals surface area (Å²) in [5, 5.41) is 11.8. The van der Waals surface area contributed by atoms with Gasteiger partial charge >= 0.3 is 6.09 Å². The number of nitrogens with zero attached hydrogens (tertiary/aromatic N) is 5. The van der Waals surface area contributed by atoms with Crippen molar-refractivity contribution >= 4 is 23.6 Å². The monoisotopic (exact) mass is 719 g/mol. The van der Waals surface area contributed by atoms with Gasteiger partial charge in [-0.3, -0.25) is 9.59 Å². The van der Waals surface area contributed by atoms with E-state index in [1.807, 2.05) is 105 Å². The van der Waals surface area contributed by atoms with Crippen molar-refractivity contribution in [2.45, 2.75) is 69.2 Å². The summed E-state index contributed by atoms with van der Waals surface area (Å²) in [4.78, 5) is 52.0. The zero-order valence-electron chi connectivity index (χ0n) is 30.4. The molecule has 3 aliphatic rings. The highest BCUT2D eigenvalue weighted by atomic mass is 16.6. The molecule has 4 aromatic rings. The van der Waals surface area contributed by atoms with Crippen molar-refractivity contribution in [3.8, 4) is 11.3 Å². The topological polar surface area (TPSA) is 117 Å². The number of aliphatic hydroxyl groups is 1. The van der Waals surface area contributed by atoms with Crippen molar-refractivity contribution in [3.05, 3.63) is 109 Å². The number of hydrogen-bond donors (Lipinski definition) is 1. The first-order valence-corrected chi connectivity index (χ1v) is 18.8. The molecule has 0 spiro atoms. The van der Waals surface area contributed by atoms with Crippen LogP contribution in [0.15, 0.2) is 97.3 Å². The van der Waals surface area contributed by atoms with E-state index in [0.717, 1.165) is 48.9 Å². The van der Waals surface area contributed by atoms with E-state index < -0.39 is 17.7 Å². The quantitative estimate of drug-likeness (QED) is 0.182. The number of aromatic nitrogens is 2. The molecule has 1 saturated heterocycles. The molecule has 7 rings (SSSR count). The molecule has 0 bridgehead atoms. The molecule has 1 aliphatic heterocycles. The summed E-state index contributed by atoms with van der Waals surface area (Å²) in [5.41, 5.74) is 2.36. The molecule has 2 aliphatic carbocycles. The fourth-order valence-corrected chi connectivity index (χ4v) is 7.94. The highest BCUT2D eigenvalue weighted by molar-refractivity contribution is 5.99. The number of amides is 3. The van der Waals surface area contributed by atoms with Gasteiger partial charge in [-0.15, -0.1) is 0 Å². The lowest BCUT2D eigenvalue weighted by atomic mass is 9.80. The number of methoxy groups -OCH3 is 1. The molecule has 0 radical (unpaired) electrons. The van der Waals surface area contributed by atoms with Crippen LogP contribution in [0.25, 0.3) is 11.3 Å². The predicted octanol–water partition coefficient (Wildman–Crippen LogP) is 6.34. The lowest BCUT2D eigenvalue weighted by Gasteiger charge is -2.42. The number of benzene rings is 3. The number of imidazole rings is 1. The molecular weight excluding hydrogens is 670 g/mol. The molecule has 3 atom stereocenters. The molecule has 0 unspecified atom stereocenters. The smallest absolute Gasteiger partial charge is 0.410 e. The van der Waals surface area contributed by atoms with E-state index in [0.29, 0.717) is 30.8 Å². The Kier molecular flexibility index (Phi) is 11.2. The van der Waals surface area contributed by atoms with Crippen molar-refractivity contribution < 1.29 is 29.0 Å². The van der Waals surface area contributed by atoms with Crippen LogP contribution in [-0.2, 0) is 20.9 Å². The van der Waals surface area contributed by atoms with Crippen LogP contribution < -0.4 is 4.90 Å². The Bertz CT molecular complexity index is 1850. The number of para-hydroxylation sites is 1. The van der Waals surface area contributed by atoms with Crippen molar-refractivity contribution in [2.75, 3.05) is 44.8 Å². The zero-order chi connectivity index (χ0) is 36.8. The molecule has 11 heteroatoms. The van der Waals surface area contributed by atoms with Crippen LogP contribution in [0.4, 0.5) is 10.5 Å². The normalized spacial score (nSPS) is 21.6. The SMILES string of the molecule is COC[C@]1(O)CCCC[C@H]1n1cnc(C(=O)N2CCN(C(=O)OCc3ccccc3)C[C@H]2CCN(C(=O)C2CC2)c2ccccc2)c1-c1ccccc1. The maximum atomic E-state index is 14.9. The first-order chi connectivity index (χ1) is 25.9. The Morgan fingerprint density at radius 3 is 2.30 bits per heavy atom. The predicted molar refractivity (Wildman–Crippen MR) is 201 cm³/mol. The van der Waals surface area contributed by atoms with E-state index in [2.05, 4.69) is 0 Å². The summed E-state index contributed by atoms with van der Waals surface area (Å²) in [5.74, 6) is -0.154. The van der Waals surface area contributed by atoms with Crippen molar-refractivity contribution in [3.63, 3.8) is 0 Å². The van der Waals surface area contributed by atoms with Gasteiger partial charge in [-0.25, -0.2) is 9.78 Å². The average molecular weight is 720 g/mol. The average Bonchev–Trinajstić information content (AvgIpc) is 3.96. The van der Waals surface area contributed by atoms with Crippen LogP contribution in [0, 0.1) is 5.92 Å². The Labute approximate surface area is 311 Å². The van der Waals surface area contributed by atoms with Gasteiger partial charge < -0.3 is 33.8 Å².